The highest BCUT2D eigenvalue weighted by Crippen LogP contribution is 2.32. The Morgan fingerprint density at radius 3 is 2.60 bits per heavy atom. The van der Waals surface area contributed by atoms with Crippen molar-refractivity contribution in [2.24, 2.45) is 5.16 Å². The van der Waals surface area contributed by atoms with Gasteiger partial charge in [0.1, 0.15) is 0 Å². The van der Waals surface area contributed by atoms with Gasteiger partial charge < -0.3 is 14.2 Å². The average molecular weight is 396 g/mol. The van der Waals surface area contributed by atoms with Crippen LogP contribution < -0.4 is 4.90 Å². The lowest BCUT2D eigenvalue weighted by Crippen LogP contribution is -2.30. The maximum absolute atomic E-state index is 13.2. The predicted octanol–water partition coefficient (Wildman–Crippen LogP) is 4.54. The molecule has 1 aromatic heterocycles. The Labute approximate surface area is 172 Å². The maximum atomic E-state index is 13.2. The van der Waals surface area contributed by atoms with Gasteiger partial charge in [-0.1, -0.05) is 65.8 Å². The molecule has 6 nitrogen and oxygen atoms in total. The van der Waals surface area contributed by atoms with Crippen molar-refractivity contribution in [3.63, 3.8) is 0 Å². The third kappa shape index (κ3) is 3.04. The van der Waals surface area contributed by atoms with Gasteiger partial charge in [-0.05, 0) is 34.5 Å². The van der Waals surface area contributed by atoms with Crippen LogP contribution in [-0.4, -0.2) is 17.6 Å². The van der Waals surface area contributed by atoms with Gasteiger partial charge in [0.15, 0.2) is 5.71 Å². The van der Waals surface area contributed by atoms with E-state index in [1.165, 1.54) is 12.3 Å². The minimum absolute atomic E-state index is 0.0192. The Hall–Kier alpha value is -4.19. The Balaban J connectivity index is 1.49. The van der Waals surface area contributed by atoms with Crippen LogP contribution in [0.15, 0.2) is 94.7 Å². The molecule has 0 unspecified atom stereocenters. The van der Waals surface area contributed by atoms with Crippen molar-refractivity contribution in [1.29, 1.82) is 0 Å². The third-order valence-corrected chi connectivity index (χ3v) is 5.05. The van der Waals surface area contributed by atoms with Crippen LogP contribution in [0.2, 0.25) is 0 Å². The zero-order valence-corrected chi connectivity index (χ0v) is 15.8. The molecule has 0 bridgehead atoms. The summed E-state index contributed by atoms with van der Waals surface area (Å²) in [5, 5.41) is 6.06. The molecule has 4 aromatic rings. The first-order chi connectivity index (χ1) is 14.7. The Kier molecular flexibility index (Phi) is 4.37. The van der Waals surface area contributed by atoms with Gasteiger partial charge in [-0.2, -0.15) is 0 Å². The third-order valence-electron chi connectivity index (χ3n) is 5.05. The number of nitrogens with zero attached hydrogens (tertiary/aromatic N) is 2. The number of benzene rings is 3. The molecule has 0 aliphatic carbocycles. The molecule has 1 aliphatic rings. The summed E-state index contributed by atoms with van der Waals surface area (Å²) in [7, 11) is 0. The molecule has 0 N–H and O–H groups in total. The average Bonchev–Trinajstić information content (AvgIpc) is 3.40. The fraction of sp³-hybridized carbons (Fsp3) is 0.0417. The maximum Gasteiger partial charge on any atom is 0.400 e. The summed E-state index contributed by atoms with van der Waals surface area (Å²) < 4.78 is 5.01. The number of carbonyl (C=O) groups is 2. The van der Waals surface area contributed by atoms with Crippen LogP contribution >= 0.6 is 0 Å². The monoisotopic (exact) mass is 396 g/mol. The fourth-order valence-corrected chi connectivity index (χ4v) is 3.63. The number of hydrogen-bond donors (Lipinski definition) is 0. The molecule has 5 rings (SSSR count). The van der Waals surface area contributed by atoms with Gasteiger partial charge in [0, 0.05) is 5.56 Å². The van der Waals surface area contributed by atoms with E-state index >= 15 is 0 Å². The van der Waals surface area contributed by atoms with Crippen molar-refractivity contribution < 1.29 is 18.8 Å². The molecule has 0 saturated heterocycles. The molecular weight excluding hydrogens is 380 g/mol. The van der Waals surface area contributed by atoms with Crippen LogP contribution in [0.5, 0.6) is 0 Å². The SMILES string of the molecule is O=C(O/N=C1/C(=O)N(Cc2cccc3ccccc23)c2ccccc21)c1ccco1. The molecule has 0 fully saturated rings. The largest absolute Gasteiger partial charge is 0.457 e. The van der Waals surface area contributed by atoms with Gasteiger partial charge in [0.25, 0.3) is 5.91 Å². The first-order valence-corrected chi connectivity index (χ1v) is 9.43. The lowest BCUT2D eigenvalue weighted by atomic mass is 10.0. The van der Waals surface area contributed by atoms with Crippen LogP contribution in [0.25, 0.3) is 10.8 Å². The molecule has 1 amide bonds. The van der Waals surface area contributed by atoms with Crippen molar-refractivity contribution in [2.75, 3.05) is 4.90 Å². The molecule has 1 aliphatic heterocycles. The van der Waals surface area contributed by atoms with E-state index in [0.717, 1.165) is 22.0 Å². The second-order valence-corrected chi connectivity index (χ2v) is 6.84. The van der Waals surface area contributed by atoms with Crippen molar-refractivity contribution in [1.82, 2.24) is 0 Å². The molecular formula is C24H16N2O4. The number of rotatable bonds is 4. The molecule has 0 radical (unpaired) electrons. The van der Waals surface area contributed by atoms with E-state index < -0.39 is 5.97 Å². The fourth-order valence-electron chi connectivity index (χ4n) is 3.63. The number of furan rings is 1. The Morgan fingerprint density at radius 1 is 0.933 bits per heavy atom. The van der Waals surface area contributed by atoms with E-state index in [9.17, 15) is 9.59 Å². The van der Waals surface area contributed by atoms with E-state index in [1.807, 2.05) is 60.7 Å². The Morgan fingerprint density at radius 2 is 1.73 bits per heavy atom. The van der Waals surface area contributed by atoms with Crippen molar-refractivity contribution in [3.8, 4) is 0 Å². The number of anilines is 1. The first-order valence-electron chi connectivity index (χ1n) is 9.43. The lowest BCUT2D eigenvalue weighted by molar-refractivity contribution is -0.112. The molecule has 6 heteroatoms. The van der Waals surface area contributed by atoms with Crippen molar-refractivity contribution >= 4 is 34.0 Å². The summed E-state index contributed by atoms with van der Waals surface area (Å²) in [6.07, 6.45) is 1.37. The molecule has 3 aromatic carbocycles. The topological polar surface area (TPSA) is 72.1 Å². The van der Waals surface area contributed by atoms with Crippen LogP contribution in [0.1, 0.15) is 21.7 Å². The summed E-state index contributed by atoms with van der Waals surface area (Å²) in [5.74, 6) is -1.06. The van der Waals surface area contributed by atoms with Crippen LogP contribution in [0, 0.1) is 0 Å². The van der Waals surface area contributed by atoms with Crippen molar-refractivity contribution in [2.45, 2.75) is 6.54 Å². The van der Waals surface area contributed by atoms with Gasteiger partial charge in [0.05, 0.1) is 18.5 Å². The normalized spacial score (nSPS) is 14.3. The van der Waals surface area contributed by atoms with E-state index in [1.54, 1.807) is 17.0 Å². The standard InChI is InChI=1S/C24H16N2O4/c27-23-22(25-30-24(28)21-13-6-14-29-21)19-11-3-4-12-20(19)26(23)15-17-9-5-8-16-7-1-2-10-18(16)17/h1-14H,15H2/b25-22+. The van der Waals surface area contributed by atoms with Gasteiger partial charge in [-0.3, -0.25) is 4.79 Å². The Bertz CT molecular complexity index is 1290. The van der Waals surface area contributed by atoms with Gasteiger partial charge in [-0.25, -0.2) is 4.79 Å². The highest BCUT2D eigenvalue weighted by atomic mass is 16.7. The van der Waals surface area contributed by atoms with E-state index in [2.05, 4.69) is 5.16 Å². The zero-order chi connectivity index (χ0) is 20.5. The quantitative estimate of drug-likeness (QED) is 0.375. The summed E-state index contributed by atoms with van der Waals surface area (Å²) in [5.41, 5.74) is 2.45. The second-order valence-electron chi connectivity index (χ2n) is 6.84. The molecule has 0 spiro atoms. The van der Waals surface area contributed by atoms with Gasteiger partial charge >= 0.3 is 5.97 Å². The van der Waals surface area contributed by atoms with E-state index in [0.29, 0.717) is 12.1 Å². The number of hydrogen-bond acceptors (Lipinski definition) is 5. The number of fused-ring (bicyclic) bond motifs is 2. The van der Waals surface area contributed by atoms with Gasteiger partial charge in [0.2, 0.25) is 5.76 Å². The number of oxime groups is 1. The zero-order valence-electron chi connectivity index (χ0n) is 15.8. The van der Waals surface area contributed by atoms with Crippen LogP contribution in [0.4, 0.5) is 5.69 Å². The number of para-hydroxylation sites is 1. The summed E-state index contributed by atoms with van der Waals surface area (Å²) in [4.78, 5) is 31.9. The van der Waals surface area contributed by atoms with Gasteiger partial charge in [-0.15, -0.1) is 0 Å². The first kappa shape index (κ1) is 17.9. The molecule has 0 saturated carbocycles. The molecule has 30 heavy (non-hydrogen) atoms. The van der Waals surface area contributed by atoms with Crippen LogP contribution in [-0.2, 0) is 16.2 Å². The highest BCUT2D eigenvalue weighted by molar-refractivity contribution is 6.54. The summed E-state index contributed by atoms with van der Waals surface area (Å²) in [6.45, 7) is 0.377. The lowest BCUT2D eigenvalue weighted by Gasteiger charge is -2.18. The molecule has 2 heterocycles. The molecule has 0 atom stereocenters. The van der Waals surface area contributed by atoms with E-state index in [4.69, 9.17) is 9.25 Å². The van der Waals surface area contributed by atoms with E-state index in [-0.39, 0.29) is 17.4 Å². The molecule has 146 valence electrons. The van der Waals surface area contributed by atoms with Crippen molar-refractivity contribution in [3.05, 3.63) is 102 Å². The summed E-state index contributed by atoms with van der Waals surface area (Å²) >= 11 is 0. The predicted molar refractivity (Wildman–Crippen MR) is 112 cm³/mol. The highest BCUT2D eigenvalue weighted by Gasteiger charge is 2.35. The minimum Gasteiger partial charge on any atom is -0.457 e. The minimum atomic E-state index is -0.759. The second kappa shape index (κ2) is 7.33. The summed E-state index contributed by atoms with van der Waals surface area (Å²) in [6, 6.07) is 24.4. The number of amides is 1. The smallest absolute Gasteiger partial charge is 0.400 e. The van der Waals surface area contributed by atoms with Crippen LogP contribution in [0.3, 0.4) is 0 Å². The number of carbonyl (C=O) groups excluding carboxylic acids is 2.